The molecule has 1 aliphatic carbocycles. The van der Waals surface area contributed by atoms with E-state index >= 15 is 0 Å². The van der Waals surface area contributed by atoms with Crippen LogP contribution in [0.4, 0.5) is 5.69 Å². The van der Waals surface area contributed by atoms with Crippen molar-refractivity contribution in [1.29, 1.82) is 0 Å². The van der Waals surface area contributed by atoms with Crippen LogP contribution in [0.25, 0.3) is 10.9 Å². The fourth-order valence-electron chi connectivity index (χ4n) is 2.22. The molecule has 2 aromatic rings. The predicted octanol–water partition coefficient (Wildman–Crippen LogP) is 1.83. The van der Waals surface area contributed by atoms with Gasteiger partial charge in [0.1, 0.15) is 4.90 Å². The number of rotatable bonds is 5. The van der Waals surface area contributed by atoms with Crippen molar-refractivity contribution in [2.75, 3.05) is 12.3 Å². The van der Waals surface area contributed by atoms with Gasteiger partial charge in [0.15, 0.2) is 0 Å². The van der Waals surface area contributed by atoms with Gasteiger partial charge < -0.3 is 10.7 Å². The average molecular weight is 279 g/mol. The third-order valence-electron chi connectivity index (χ3n) is 3.50. The van der Waals surface area contributed by atoms with E-state index in [1.54, 1.807) is 18.2 Å². The first-order chi connectivity index (χ1) is 9.06. The molecule has 0 aliphatic heterocycles. The van der Waals surface area contributed by atoms with Crippen molar-refractivity contribution in [3.8, 4) is 0 Å². The largest absolute Gasteiger partial charge is 0.399 e. The van der Waals surface area contributed by atoms with Crippen molar-refractivity contribution >= 4 is 26.6 Å². The van der Waals surface area contributed by atoms with Crippen LogP contribution in [0.3, 0.4) is 0 Å². The van der Waals surface area contributed by atoms with E-state index < -0.39 is 10.0 Å². The Bertz CT molecular complexity index is 702. The Morgan fingerprint density at radius 2 is 2.16 bits per heavy atom. The van der Waals surface area contributed by atoms with E-state index in [1.807, 2.05) is 0 Å². The molecule has 1 heterocycles. The molecule has 0 atom stereocenters. The monoisotopic (exact) mass is 279 g/mol. The van der Waals surface area contributed by atoms with Gasteiger partial charge in [-0.15, -0.1) is 0 Å². The minimum absolute atomic E-state index is 0.290. The number of aromatic amines is 1. The highest BCUT2D eigenvalue weighted by atomic mass is 32.2. The van der Waals surface area contributed by atoms with Gasteiger partial charge in [-0.2, -0.15) is 0 Å². The summed E-state index contributed by atoms with van der Waals surface area (Å²) in [7, 11) is -3.45. The van der Waals surface area contributed by atoms with Gasteiger partial charge in [0.05, 0.1) is 0 Å². The highest BCUT2D eigenvalue weighted by molar-refractivity contribution is 7.89. The highest BCUT2D eigenvalue weighted by Gasteiger charge is 2.23. The van der Waals surface area contributed by atoms with Crippen molar-refractivity contribution in [2.24, 2.45) is 5.92 Å². The zero-order valence-corrected chi connectivity index (χ0v) is 11.3. The van der Waals surface area contributed by atoms with Crippen LogP contribution in [0, 0.1) is 5.92 Å². The van der Waals surface area contributed by atoms with Gasteiger partial charge in [-0.3, -0.25) is 0 Å². The van der Waals surface area contributed by atoms with Crippen LogP contribution in [0.2, 0.25) is 0 Å². The smallest absolute Gasteiger partial charge is 0.242 e. The summed E-state index contributed by atoms with van der Waals surface area (Å²) in [4.78, 5) is 3.24. The molecule has 1 saturated carbocycles. The second-order valence-electron chi connectivity index (χ2n) is 5.09. The maximum Gasteiger partial charge on any atom is 0.242 e. The van der Waals surface area contributed by atoms with E-state index in [2.05, 4.69) is 9.71 Å². The Hall–Kier alpha value is -1.53. The van der Waals surface area contributed by atoms with Gasteiger partial charge in [-0.25, -0.2) is 13.1 Å². The van der Waals surface area contributed by atoms with Crippen molar-refractivity contribution < 1.29 is 8.42 Å². The van der Waals surface area contributed by atoms with E-state index in [0.29, 0.717) is 28.4 Å². The summed E-state index contributed by atoms with van der Waals surface area (Å²) in [5.41, 5.74) is 7.03. The van der Waals surface area contributed by atoms with Crippen molar-refractivity contribution in [3.05, 3.63) is 24.4 Å². The molecule has 1 aromatic heterocycles. The first-order valence-corrected chi connectivity index (χ1v) is 7.91. The molecule has 0 radical (unpaired) electrons. The maximum atomic E-state index is 12.2. The molecule has 1 aromatic carbocycles. The average Bonchev–Trinajstić information content (AvgIpc) is 3.06. The summed E-state index contributed by atoms with van der Waals surface area (Å²) in [5.74, 6) is 0.713. The molecule has 1 aliphatic rings. The zero-order valence-electron chi connectivity index (χ0n) is 10.5. The standard InChI is InChI=1S/C13H17N3O2S/c14-10-3-4-11-12(7-10)15-8-13(11)19(17,18)16-6-5-9-1-2-9/h3-4,7-9,15-16H,1-2,5-6,14H2. The number of benzene rings is 1. The molecule has 0 amide bonds. The van der Waals surface area contributed by atoms with Gasteiger partial charge in [-0.05, 0) is 30.5 Å². The van der Waals surface area contributed by atoms with Crippen LogP contribution < -0.4 is 10.5 Å². The molecule has 5 nitrogen and oxygen atoms in total. The third-order valence-corrected chi connectivity index (χ3v) is 5.00. The van der Waals surface area contributed by atoms with Crippen molar-refractivity contribution in [2.45, 2.75) is 24.2 Å². The predicted molar refractivity (Wildman–Crippen MR) is 75.2 cm³/mol. The van der Waals surface area contributed by atoms with E-state index in [-0.39, 0.29) is 0 Å². The molecular formula is C13H17N3O2S. The Balaban J connectivity index is 1.85. The maximum absolute atomic E-state index is 12.2. The van der Waals surface area contributed by atoms with Gasteiger partial charge in [-0.1, -0.05) is 12.8 Å². The molecule has 3 rings (SSSR count). The lowest BCUT2D eigenvalue weighted by Gasteiger charge is -2.05. The van der Waals surface area contributed by atoms with E-state index in [4.69, 9.17) is 5.73 Å². The quantitative estimate of drug-likeness (QED) is 0.730. The molecule has 0 bridgehead atoms. The number of hydrogen-bond acceptors (Lipinski definition) is 3. The Morgan fingerprint density at radius 1 is 1.37 bits per heavy atom. The number of hydrogen-bond donors (Lipinski definition) is 3. The Morgan fingerprint density at radius 3 is 2.89 bits per heavy atom. The normalized spacial score (nSPS) is 16.0. The van der Waals surface area contributed by atoms with Gasteiger partial charge in [0, 0.05) is 29.3 Å². The van der Waals surface area contributed by atoms with Crippen LogP contribution in [-0.4, -0.2) is 19.9 Å². The first kappa shape index (κ1) is 12.5. The zero-order chi connectivity index (χ0) is 13.5. The molecule has 4 N–H and O–H groups in total. The topological polar surface area (TPSA) is 88.0 Å². The number of nitrogens with one attached hydrogen (secondary N) is 2. The lowest BCUT2D eigenvalue weighted by atomic mass is 10.2. The minimum Gasteiger partial charge on any atom is -0.399 e. The summed E-state index contributed by atoms with van der Waals surface area (Å²) >= 11 is 0. The fourth-order valence-corrected chi connectivity index (χ4v) is 3.44. The molecular weight excluding hydrogens is 262 g/mol. The summed E-state index contributed by atoms with van der Waals surface area (Å²) in [6.07, 6.45) is 4.90. The summed E-state index contributed by atoms with van der Waals surface area (Å²) in [6, 6.07) is 5.18. The van der Waals surface area contributed by atoms with Crippen LogP contribution in [0.15, 0.2) is 29.3 Å². The van der Waals surface area contributed by atoms with Gasteiger partial charge in [0.25, 0.3) is 0 Å². The number of sulfonamides is 1. The SMILES string of the molecule is Nc1ccc2c(S(=O)(=O)NCCC3CC3)c[nH]c2c1. The van der Waals surface area contributed by atoms with Crippen molar-refractivity contribution in [3.63, 3.8) is 0 Å². The Labute approximate surface area is 112 Å². The van der Waals surface area contributed by atoms with Crippen LogP contribution >= 0.6 is 0 Å². The summed E-state index contributed by atoms with van der Waals surface area (Å²) in [5, 5.41) is 0.674. The van der Waals surface area contributed by atoms with Crippen LogP contribution in [0.5, 0.6) is 0 Å². The molecule has 19 heavy (non-hydrogen) atoms. The summed E-state index contributed by atoms with van der Waals surface area (Å²) in [6.45, 7) is 0.509. The summed E-state index contributed by atoms with van der Waals surface area (Å²) < 4.78 is 27.1. The molecule has 102 valence electrons. The minimum atomic E-state index is -3.45. The molecule has 6 heteroatoms. The second-order valence-corrected chi connectivity index (χ2v) is 6.82. The lowest BCUT2D eigenvalue weighted by molar-refractivity contribution is 0.576. The van der Waals surface area contributed by atoms with Crippen molar-refractivity contribution in [1.82, 2.24) is 9.71 Å². The van der Waals surface area contributed by atoms with E-state index in [1.165, 1.54) is 19.0 Å². The van der Waals surface area contributed by atoms with Crippen LogP contribution in [-0.2, 0) is 10.0 Å². The second kappa shape index (κ2) is 4.54. The molecule has 0 spiro atoms. The molecule has 1 fully saturated rings. The lowest BCUT2D eigenvalue weighted by Crippen LogP contribution is -2.24. The number of anilines is 1. The number of nitrogen functional groups attached to an aromatic ring is 1. The molecule has 0 saturated heterocycles. The number of fused-ring (bicyclic) bond motifs is 1. The van der Waals surface area contributed by atoms with Gasteiger partial charge >= 0.3 is 0 Å². The van der Waals surface area contributed by atoms with E-state index in [0.717, 1.165) is 11.9 Å². The molecule has 0 unspecified atom stereocenters. The number of aromatic nitrogens is 1. The fraction of sp³-hybridized carbons (Fsp3) is 0.385. The van der Waals surface area contributed by atoms with Gasteiger partial charge in [0.2, 0.25) is 10.0 Å². The number of nitrogens with two attached hydrogens (primary N) is 1. The van der Waals surface area contributed by atoms with E-state index in [9.17, 15) is 8.42 Å². The van der Waals surface area contributed by atoms with Crippen LogP contribution in [0.1, 0.15) is 19.3 Å². The number of H-pyrrole nitrogens is 1. The third kappa shape index (κ3) is 2.59. The Kier molecular flexibility index (Phi) is 2.99. The first-order valence-electron chi connectivity index (χ1n) is 6.42. The highest BCUT2D eigenvalue weighted by Crippen LogP contribution is 2.32.